The van der Waals surface area contributed by atoms with Gasteiger partial charge in [0.2, 0.25) is 0 Å². The average molecular weight is 292 g/mol. The van der Waals surface area contributed by atoms with Crippen LogP contribution in [0.1, 0.15) is 31.9 Å². The third kappa shape index (κ3) is 2.26. The standard InChI is InChI=1S/C12H15Cl2NOS/c1-3-6-15-11-7(2)17(16)12-9(14)5-4-8(13)10(11)12/h4-5,7,11,15H,3,6H2,1-2H3. The second-order valence-electron chi connectivity index (χ2n) is 4.21. The highest BCUT2D eigenvalue weighted by Crippen LogP contribution is 2.43. The molecule has 2 nitrogen and oxygen atoms in total. The van der Waals surface area contributed by atoms with Crippen molar-refractivity contribution in [1.29, 1.82) is 0 Å². The topological polar surface area (TPSA) is 29.1 Å². The van der Waals surface area contributed by atoms with Crippen LogP contribution in [0.5, 0.6) is 0 Å². The summed E-state index contributed by atoms with van der Waals surface area (Å²) in [6.45, 7) is 4.95. The second-order valence-corrected chi connectivity index (χ2v) is 6.77. The van der Waals surface area contributed by atoms with Crippen LogP contribution in [0.25, 0.3) is 0 Å². The van der Waals surface area contributed by atoms with Crippen molar-refractivity contribution in [2.45, 2.75) is 36.5 Å². The molecule has 0 radical (unpaired) electrons. The molecule has 0 saturated heterocycles. The molecule has 1 aliphatic heterocycles. The first-order valence-electron chi connectivity index (χ1n) is 5.69. The van der Waals surface area contributed by atoms with E-state index in [0.29, 0.717) is 14.9 Å². The van der Waals surface area contributed by atoms with E-state index in [9.17, 15) is 4.21 Å². The predicted molar refractivity (Wildman–Crippen MR) is 73.4 cm³/mol. The highest BCUT2D eigenvalue weighted by molar-refractivity contribution is 7.86. The summed E-state index contributed by atoms with van der Waals surface area (Å²) < 4.78 is 12.3. The zero-order chi connectivity index (χ0) is 12.6. The summed E-state index contributed by atoms with van der Waals surface area (Å²) in [6.07, 6.45) is 1.03. The van der Waals surface area contributed by atoms with Crippen molar-refractivity contribution in [1.82, 2.24) is 5.32 Å². The first-order valence-corrected chi connectivity index (χ1v) is 7.66. The van der Waals surface area contributed by atoms with E-state index < -0.39 is 10.8 Å². The summed E-state index contributed by atoms with van der Waals surface area (Å²) in [6, 6.07) is 3.53. The molecule has 5 heteroatoms. The molecular formula is C12H15Cl2NOS. The lowest BCUT2D eigenvalue weighted by Crippen LogP contribution is -2.28. The average Bonchev–Trinajstić information content (AvgIpc) is 2.56. The van der Waals surface area contributed by atoms with Crippen molar-refractivity contribution in [3.05, 3.63) is 27.7 Å². The molecule has 0 amide bonds. The van der Waals surface area contributed by atoms with Gasteiger partial charge in [0.1, 0.15) is 0 Å². The van der Waals surface area contributed by atoms with Crippen LogP contribution in [0.15, 0.2) is 17.0 Å². The Labute approximate surface area is 114 Å². The largest absolute Gasteiger partial charge is 0.309 e. The molecule has 1 N–H and O–H groups in total. The molecule has 0 saturated carbocycles. The minimum Gasteiger partial charge on any atom is -0.309 e. The van der Waals surface area contributed by atoms with E-state index in [1.807, 2.05) is 6.92 Å². The smallest absolute Gasteiger partial charge is 0.0640 e. The third-order valence-corrected chi connectivity index (χ3v) is 5.57. The first kappa shape index (κ1) is 13.3. The fraction of sp³-hybridized carbons (Fsp3) is 0.500. The molecule has 0 aromatic heterocycles. The molecule has 0 aliphatic carbocycles. The number of benzene rings is 1. The minimum atomic E-state index is -1.08. The van der Waals surface area contributed by atoms with Gasteiger partial charge in [0, 0.05) is 16.6 Å². The Balaban J connectivity index is 2.48. The number of halogens is 2. The lowest BCUT2D eigenvalue weighted by molar-refractivity contribution is 0.527. The maximum atomic E-state index is 12.3. The lowest BCUT2D eigenvalue weighted by Gasteiger charge is -2.17. The van der Waals surface area contributed by atoms with Crippen molar-refractivity contribution in [2.75, 3.05) is 6.54 Å². The van der Waals surface area contributed by atoms with E-state index in [1.54, 1.807) is 12.1 Å². The Morgan fingerprint density at radius 1 is 1.35 bits per heavy atom. The van der Waals surface area contributed by atoms with Crippen molar-refractivity contribution < 1.29 is 4.21 Å². The van der Waals surface area contributed by atoms with E-state index in [0.717, 1.165) is 18.5 Å². The SMILES string of the molecule is CCCNC1c2c(Cl)ccc(Cl)c2S(=O)C1C. The monoisotopic (exact) mass is 291 g/mol. The fourth-order valence-corrected chi connectivity index (χ4v) is 4.44. The van der Waals surface area contributed by atoms with Crippen LogP contribution in [0.3, 0.4) is 0 Å². The van der Waals surface area contributed by atoms with Crippen molar-refractivity contribution in [3.8, 4) is 0 Å². The summed E-state index contributed by atoms with van der Waals surface area (Å²) in [4.78, 5) is 0.709. The molecule has 17 heavy (non-hydrogen) atoms. The second kappa shape index (κ2) is 5.27. The minimum absolute atomic E-state index is 0.00829. The van der Waals surface area contributed by atoms with Gasteiger partial charge in [-0.2, -0.15) is 0 Å². The summed E-state index contributed by atoms with van der Waals surface area (Å²) in [5.74, 6) is 0. The van der Waals surface area contributed by atoms with Crippen LogP contribution in [0.2, 0.25) is 10.0 Å². The summed E-state index contributed by atoms with van der Waals surface area (Å²) in [5.41, 5.74) is 0.915. The molecule has 1 aliphatic rings. The molecule has 0 fully saturated rings. The maximum absolute atomic E-state index is 12.3. The van der Waals surface area contributed by atoms with Crippen LogP contribution in [-0.2, 0) is 10.8 Å². The number of fused-ring (bicyclic) bond motifs is 1. The van der Waals surface area contributed by atoms with Crippen LogP contribution in [0.4, 0.5) is 0 Å². The van der Waals surface area contributed by atoms with Gasteiger partial charge in [-0.1, -0.05) is 30.1 Å². The van der Waals surface area contributed by atoms with Gasteiger partial charge in [0.05, 0.1) is 26.0 Å². The van der Waals surface area contributed by atoms with Crippen LogP contribution < -0.4 is 5.32 Å². The summed E-state index contributed by atoms with van der Waals surface area (Å²) in [5, 5.41) is 4.61. The van der Waals surface area contributed by atoms with Gasteiger partial charge in [-0.05, 0) is 32.0 Å². The Morgan fingerprint density at radius 2 is 2.00 bits per heavy atom. The molecule has 1 aromatic carbocycles. The van der Waals surface area contributed by atoms with Gasteiger partial charge in [0.25, 0.3) is 0 Å². The number of nitrogens with one attached hydrogen (secondary N) is 1. The lowest BCUT2D eigenvalue weighted by atomic mass is 10.0. The van der Waals surface area contributed by atoms with Crippen LogP contribution >= 0.6 is 23.2 Å². The number of rotatable bonds is 3. The molecule has 0 bridgehead atoms. The summed E-state index contributed by atoms with van der Waals surface area (Å²) >= 11 is 12.3. The zero-order valence-corrected chi connectivity index (χ0v) is 12.1. The predicted octanol–water partition coefficient (Wildman–Crippen LogP) is 3.54. The number of hydrogen-bond acceptors (Lipinski definition) is 2. The Morgan fingerprint density at radius 3 is 2.65 bits per heavy atom. The molecule has 1 aromatic rings. The van der Waals surface area contributed by atoms with Crippen LogP contribution in [-0.4, -0.2) is 16.0 Å². The third-order valence-electron chi connectivity index (χ3n) is 3.03. The van der Waals surface area contributed by atoms with Crippen molar-refractivity contribution >= 4 is 34.0 Å². The normalized spacial score (nSPS) is 27.2. The fourth-order valence-electron chi connectivity index (χ4n) is 2.16. The summed E-state index contributed by atoms with van der Waals surface area (Å²) in [7, 11) is -1.08. The quantitative estimate of drug-likeness (QED) is 0.923. The Kier molecular flexibility index (Phi) is 4.14. The van der Waals surface area contributed by atoms with Gasteiger partial charge >= 0.3 is 0 Å². The number of hydrogen-bond donors (Lipinski definition) is 1. The first-order chi connectivity index (χ1) is 8.07. The van der Waals surface area contributed by atoms with Gasteiger partial charge in [0.15, 0.2) is 0 Å². The molecular weight excluding hydrogens is 277 g/mol. The molecule has 1 heterocycles. The molecule has 3 atom stereocenters. The van der Waals surface area contributed by atoms with Gasteiger partial charge in [-0.15, -0.1) is 0 Å². The highest BCUT2D eigenvalue weighted by Gasteiger charge is 2.38. The molecule has 0 spiro atoms. The molecule has 2 rings (SSSR count). The van der Waals surface area contributed by atoms with Gasteiger partial charge in [-0.25, -0.2) is 0 Å². The Bertz CT molecular complexity index is 464. The van der Waals surface area contributed by atoms with Crippen molar-refractivity contribution in [2.24, 2.45) is 0 Å². The molecule has 3 unspecified atom stereocenters. The van der Waals surface area contributed by atoms with Gasteiger partial charge < -0.3 is 5.32 Å². The van der Waals surface area contributed by atoms with E-state index in [4.69, 9.17) is 23.2 Å². The molecule has 94 valence electrons. The van der Waals surface area contributed by atoms with Crippen LogP contribution in [0, 0.1) is 0 Å². The van der Waals surface area contributed by atoms with E-state index in [1.165, 1.54) is 0 Å². The van der Waals surface area contributed by atoms with E-state index in [2.05, 4.69) is 12.2 Å². The zero-order valence-electron chi connectivity index (χ0n) is 9.80. The van der Waals surface area contributed by atoms with E-state index in [-0.39, 0.29) is 11.3 Å². The maximum Gasteiger partial charge on any atom is 0.0640 e. The Hall–Kier alpha value is -0.0900. The van der Waals surface area contributed by atoms with Crippen molar-refractivity contribution in [3.63, 3.8) is 0 Å². The van der Waals surface area contributed by atoms with E-state index >= 15 is 0 Å². The van der Waals surface area contributed by atoms with Gasteiger partial charge in [-0.3, -0.25) is 4.21 Å². The highest BCUT2D eigenvalue weighted by atomic mass is 35.5.